The number of aryl methyl sites for hydroxylation is 1. The first-order valence-corrected chi connectivity index (χ1v) is 13.1. The van der Waals surface area contributed by atoms with Crippen LogP contribution >= 0.6 is 27.3 Å². The van der Waals surface area contributed by atoms with E-state index in [0.717, 1.165) is 31.6 Å². The number of fused-ring (bicyclic) bond motifs is 5. The Morgan fingerprint density at radius 3 is 2.71 bits per heavy atom. The Bertz CT molecular complexity index is 1540. The summed E-state index contributed by atoms with van der Waals surface area (Å²) in [7, 11) is 0. The lowest BCUT2D eigenvalue weighted by molar-refractivity contribution is -0.143. The molecule has 0 saturated heterocycles. The van der Waals surface area contributed by atoms with Crippen LogP contribution in [0.5, 0.6) is 0 Å². The molecule has 6 rings (SSSR count). The van der Waals surface area contributed by atoms with Crippen molar-refractivity contribution < 1.29 is 14.7 Å². The van der Waals surface area contributed by atoms with Gasteiger partial charge in [0.1, 0.15) is 6.04 Å². The second kappa shape index (κ2) is 7.96. The molecule has 10 heteroatoms. The molecule has 178 valence electrons. The number of nitrogens with one attached hydrogen (secondary N) is 1. The first-order chi connectivity index (χ1) is 16.8. The van der Waals surface area contributed by atoms with Crippen molar-refractivity contribution in [2.45, 2.75) is 39.3 Å². The molecule has 4 aromatic rings. The van der Waals surface area contributed by atoms with Crippen LogP contribution < -0.4 is 5.32 Å². The predicted octanol–water partition coefficient (Wildman–Crippen LogP) is 5.06. The van der Waals surface area contributed by atoms with Gasteiger partial charge in [0.15, 0.2) is 5.82 Å². The third-order valence-electron chi connectivity index (χ3n) is 6.94. The van der Waals surface area contributed by atoms with Crippen LogP contribution in [0, 0.1) is 18.8 Å². The van der Waals surface area contributed by atoms with Gasteiger partial charge < -0.3 is 10.4 Å². The van der Waals surface area contributed by atoms with Gasteiger partial charge in [-0.1, -0.05) is 38.1 Å². The Hall–Kier alpha value is -3.11. The van der Waals surface area contributed by atoms with E-state index >= 15 is 0 Å². The number of carboxylic acid groups (broad SMARTS) is 1. The number of aromatic nitrogens is 4. The zero-order chi connectivity index (χ0) is 24.6. The number of carboxylic acids is 1. The number of halogens is 1. The summed E-state index contributed by atoms with van der Waals surface area (Å²) >= 11 is 5.59. The molecule has 8 nitrogen and oxygen atoms in total. The first-order valence-electron chi connectivity index (χ1n) is 11.4. The fourth-order valence-electron chi connectivity index (χ4n) is 5.06. The Morgan fingerprint density at radius 2 is 1.97 bits per heavy atom. The summed E-state index contributed by atoms with van der Waals surface area (Å²) in [6.07, 6.45) is 0.562. The number of rotatable bonds is 6. The highest BCUT2D eigenvalue weighted by Crippen LogP contribution is 2.55. The Balaban J connectivity index is 1.41. The number of hydrogen-bond donors (Lipinski definition) is 2. The maximum absolute atomic E-state index is 12.9. The smallest absolute Gasteiger partial charge is 0.326 e. The zero-order valence-electron chi connectivity index (χ0n) is 19.2. The molecule has 3 atom stereocenters. The van der Waals surface area contributed by atoms with Crippen molar-refractivity contribution in [3.05, 3.63) is 40.4 Å². The van der Waals surface area contributed by atoms with E-state index in [-0.39, 0.29) is 23.8 Å². The summed E-state index contributed by atoms with van der Waals surface area (Å²) in [5.41, 5.74) is 5.39. The largest absolute Gasteiger partial charge is 0.480 e. The van der Waals surface area contributed by atoms with Gasteiger partial charge in [-0.15, -0.1) is 16.4 Å². The number of nitrogens with zero attached hydrogens (tertiary/aromatic N) is 4. The molecule has 0 radical (unpaired) electrons. The fourth-order valence-corrected chi connectivity index (χ4v) is 7.19. The minimum Gasteiger partial charge on any atom is -0.480 e. The summed E-state index contributed by atoms with van der Waals surface area (Å²) < 4.78 is 4.04. The molecular weight excluding hydrogens is 530 g/mol. The fraction of sp³-hybridized carbons (Fsp3) is 0.320. The number of amides is 1. The molecule has 2 N–H and O–H groups in total. The molecule has 1 fully saturated rings. The van der Waals surface area contributed by atoms with Gasteiger partial charge in [-0.2, -0.15) is 0 Å². The third-order valence-corrected chi connectivity index (χ3v) is 9.18. The van der Waals surface area contributed by atoms with Crippen LogP contribution in [0.15, 0.2) is 34.8 Å². The van der Waals surface area contributed by atoms with E-state index < -0.39 is 12.0 Å². The van der Waals surface area contributed by atoms with Crippen molar-refractivity contribution in [1.82, 2.24) is 25.5 Å². The van der Waals surface area contributed by atoms with Gasteiger partial charge in [0.25, 0.3) is 0 Å². The standard InChI is InChI=1S/C25H22BrN5O3S/c1-10(2)21(25(33)34)27-24(32)14-9-15(14)31-23(28-29-30-31)18-12-5-4-6-13(18)22-20(26)19-16(35-22)8-7-11(3)17(12)19/h4-8,10,14-15,21H,9H2,1-3H3,(H,27,32)(H,33,34)/t14?,15?,21-/m0/s1. The lowest BCUT2D eigenvalue weighted by Gasteiger charge is -2.18. The summed E-state index contributed by atoms with van der Waals surface area (Å²) in [6.45, 7) is 5.66. The van der Waals surface area contributed by atoms with Crippen LogP contribution in [-0.2, 0) is 9.59 Å². The van der Waals surface area contributed by atoms with E-state index in [4.69, 9.17) is 0 Å². The minimum atomic E-state index is -1.03. The number of carbonyl (C=O) groups excluding carboxylic acids is 1. The molecular formula is C25H22BrN5O3S. The highest BCUT2D eigenvalue weighted by molar-refractivity contribution is 9.10. The number of aliphatic carboxylic acids is 1. The van der Waals surface area contributed by atoms with Crippen molar-refractivity contribution in [3.8, 4) is 33.0 Å². The number of tetrazole rings is 1. The van der Waals surface area contributed by atoms with Gasteiger partial charge in [-0.3, -0.25) is 4.79 Å². The maximum Gasteiger partial charge on any atom is 0.326 e. The van der Waals surface area contributed by atoms with Crippen LogP contribution in [0.1, 0.15) is 31.9 Å². The number of carbonyl (C=O) groups is 2. The summed E-state index contributed by atoms with van der Waals surface area (Å²) in [4.78, 5) is 25.5. The molecule has 4 bridgehead atoms. The van der Waals surface area contributed by atoms with Crippen LogP contribution in [0.25, 0.3) is 43.0 Å². The maximum atomic E-state index is 12.9. The molecule has 2 unspecified atom stereocenters. The first kappa shape index (κ1) is 22.4. The van der Waals surface area contributed by atoms with Crippen LogP contribution in [0.4, 0.5) is 0 Å². The normalized spacial score (nSPS) is 18.7. The van der Waals surface area contributed by atoms with Crippen molar-refractivity contribution in [2.24, 2.45) is 11.8 Å². The molecule has 0 spiro atoms. The Morgan fingerprint density at radius 1 is 1.20 bits per heavy atom. The van der Waals surface area contributed by atoms with Crippen molar-refractivity contribution >= 4 is 49.2 Å². The molecule has 2 aliphatic carbocycles. The Kier molecular flexibility index (Phi) is 5.08. The molecule has 2 aromatic heterocycles. The molecule has 1 saturated carbocycles. The number of benzene rings is 2. The molecule has 2 aromatic carbocycles. The molecule has 1 amide bonds. The van der Waals surface area contributed by atoms with E-state index in [1.165, 1.54) is 15.6 Å². The van der Waals surface area contributed by atoms with E-state index in [1.807, 2.05) is 0 Å². The topological polar surface area (TPSA) is 110 Å². The summed E-state index contributed by atoms with van der Waals surface area (Å²) in [5, 5.41) is 26.0. The van der Waals surface area contributed by atoms with Crippen molar-refractivity contribution in [1.29, 1.82) is 0 Å². The van der Waals surface area contributed by atoms with E-state index in [0.29, 0.717) is 12.2 Å². The SMILES string of the molecule is Cc1ccc2sc3c(Br)c2c1-c1cccc-3c1-c1nnnn1C1CC1C(=O)N[C@H](C(=O)O)C(C)C. The van der Waals surface area contributed by atoms with Gasteiger partial charge in [-0.05, 0) is 68.4 Å². The second-order valence-corrected chi connectivity index (χ2v) is 11.4. The van der Waals surface area contributed by atoms with E-state index in [1.54, 1.807) is 29.9 Å². The second-order valence-electron chi connectivity index (χ2n) is 9.53. The van der Waals surface area contributed by atoms with Crippen LogP contribution in [-0.4, -0.2) is 43.2 Å². The van der Waals surface area contributed by atoms with Gasteiger partial charge in [0.05, 0.1) is 16.8 Å². The van der Waals surface area contributed by atoms with Crippen LogP contribution in [0.3, 0.4) is 0 Å². The van der Waals surface area contributed by atoms with Crippen molar-refractivity contribution in [3.63, 3.8) is 0 Å². The minimum absolute atomic E-state index is 0.215. The molecule has 2 heterocycles. The molecule has 0 aliphatic heterocycles. The van der Waals surface area contributed by atoms with Crippen molar-refractivity contribution in [2.75, 3.05) is 0 Å². The predicted molar refractivity (Wildman–Crippen MR) is 137 cm³/mol. The van der Waals surface area contributed by atoms with E-state index in [2.05, 4.69) is 74.0 Å². The molecule has 2 aliphatic rings. The van der Waals surface area contributed by atoms with Gasteiger partial charge in [-0.25, -0.2) is 9.48 Å². The average molecular weight is 552 g/mol. The molecule has 35 heavy (non-hydrogen) atoms. The Labute approximate surface area is 213 Å². The number of thiophene rings is 1. The van der Waals surface area contributed by atoms with Gasteiger partial charge >= 0.3 is 5.97 Å². The summed E-state index contributed by atoms with van der Waals surface area (Å²) in [6, 6.07) is 9.41. The quantitative estimate of drug-likeness (QED) is 0.305. The third kappa shape index (κ3) is 3.34. The summed E-state index contributed by atoms with van der Waals surface area (Å²) in [5.74, 6) is -1.28. The number of hydrogen-bond acceptors (Lipinski definition) is 6. The lowest BCUT2D eigenvalue weighted by atomic mass is 9.92. The lowest BCUT2D eigenvalue weighted by Crippen LogP contribution is -2.45. The highest BCUT2D eigenvalue weighted by atomic mass is 79.9. The monoisotopic (exact) mass is 551 g/mol. The zero-order valence-corrected chi connectivity index (χ0v) is 21.6. The average Bonchev–Trinajstić information content (AvgIpc) is 3.36. The van der Waals surface area contributed by atoms with Crippen LogP contribution in [0.2, 0.25) is 0 Å². The van der Waals surface area contributed by atoms with Gasteiger partial charge in [0.2, 0.25) is 5.91 Å². The highest BCUT2D eigenvalue weighted by Gasteiger charge is 2.48. The van der Waals surface area contributed by atoms with E-state index in [9.17, 15) is 14.7 Å². The van der Waals surface area contributed by atoms with Gasteiger partial charge in [0, 0.05) is 25.7 Å².